The molecule has 140 valence electrons. The fourth-order valence-corrected chi connectivity index (χ4v) is 3.31. The highest BCUT2D eigenvalue weighted by Gasteiger charge is 2.24. The molecule has 0 radical (unpaired) electrons. The molecule has 0 spiro atoms. The van der Waals surface area contributed by atoms with Gasteiger partial charge in [0, 0.05) is 38.9 Å². The first kappa shape index (κ1) is 18.2. The van der Waals surface area contributed by atoms with Crippen LogP contribution in [0.1, 0.15) is 28.8 Å². The van der Waals surface area contributed by atoms with Crippen LogP contribution in [-0.4, -0.2) is 69.1 Å². The van der Waals surface area contributed by atoms with Gasteiger partial charge in [0.05, 0.1) is 23.6 Å². The second-order valence-electron chi connectivity index (χ2n) is 6.56. The summed E-state index contributed by atoms with van der Waals surface area (Å²) in [5.41, 5.74) is 3.21. The van der Waals surface area contributed by atoms with E-state index in [1.54, 1.807) is 12.3 Å². The Morgan fingerprint density at radius 3 is 2.54 bits per heavy atom. The highest BCUT2D eigenvalue weighted by atomic mass is 16.2. The Balaban J connectivity index is 1.51. The van der Waals surface area contributed by atoms with Gasteiger partial charge in [-0.1, -0.05) is 0 Å². The van der Waals surface area contributed by atoms with E-state index in [0.717, 1.165) is 23.6 Å². The number of carbonyl (C=O) groups is 2. The first-order chi connectivity index (χ1) is 12.5. The summed E-state index contributed by atoms with van der Waals surface area (Å²) in [6.07, 6.45) is 1.75. The van der Waals surface area contributed by atoms with Gasteiger partial charge in [-0.05, 0) is 32.9 Å². The number of nitrogens with zero attached hydrogens (tertiary/aromatic N) is 4. The zero-order valence-electron chi connectivity index (χ0n) is 15.6. The lowest BCUT2D eigenvalue weighted by Crippen LogP contribution is -2.50. The van der Waals surface area contributed by atoms with Crippen LogP contribution in [-0.2, 0) is 11.3 Å². The molecule has 1 fully saturated rings. The van der Waals surface area contributed by atoms with Gasteiger partial charge < -0.3 is 15.2 Å². The number of hydrogen-bond acceptors (Lipinski definition) is 4. The largest absolute Gasteiger partial charge is 0.357 e. The maximum atomic E-state index is 12.4. The summed E-state index contributed by atoms with van der Waals surface area (Å²) >= 11 is 0. The van der Waals surface area contributed by atoms with Crippen molar-refractivity contribution >= 4 is 17.5 Å². The van der Waals surface area contributed by atoms with Gasteiger partial charge in [0.1, 0.15) is 5.69 Å². The van der Waals surface area contributed by atoms with Gasteiger partial charge in [-0.25, -0.2) is 0 Å². The van der Waals surface area contributed by atoms with Crippen molar-refractivity contribution in [2.45, 2.75) is 27.3 Å². The third kappa shape index (κ3) is 3.80. The second kappa shape index (κ2) is 7.74. The highest BCUT2D eigenvalue weighted by molar-refractivity contribution is 5.94. The summed E-state index contributed by atoms with van der Waals surface area (Å²) in [4.78, 5) is 31.6. The third-order valence-corrected chi connectivity index (χ3v) is 4.80. The number of H-pyrrole nitrogens is 1. The average Bonchev–Trinajstić information content (AvgIpc) is 3.26. The van der Waals surface area contributed by atoms with Crippen LogP contribution in [0.15, 0.2) is 18.3 Å². The van der Waals surface area contributed by atoms with E-state index in [2.05, 4.69) is 20.3 Å². The van der Waals surface area contributed by atoms with Crippen LogP contribution < -0.4 is 5.32 Å². The lowest BCUT2D eigenvalue weighted by molar-refractivity contribution is -0.117. The monoisotopic (exact) mass is 358 g/mol. The van der Waals surface area contributed by atoms with Crippen LogP contribution in [0.4, 0.5) is 5.69 Å². The molecule has 3 heterocycles. The van der Waals surface area contributed by atoms with Crippen LogP contribution in [0.5, 0.6) is 0 Å². The fraction of sp³-hybridized carbons (Fsp3) is 0.500. The SMILES string of the molecule is CCn1nc(C)c(NC(=O)CN2CCN(C(=O)c3ccc[nH]3)CC2)c1C. The lowest BCUT2D eigenvalue weighted by atomic mass is 10.2. The number of anilines is 1. The van der Waals surface area contributed by atoms with Crippen molar-refractivity contribution in [2.24, 2.45) is 0 Å². The molecular formula is C18H26N6O2. The molecule has 2 N–H and O–H groups in total. The maximum absolute atomic E-state index is 12.4. The number of nitrogens with one attached hydrogen (secondary N) is 2. The van der Waals surface area contributed by atoms with E-state index in [4.69, 9.17) is 0 Å². The first-order valence-electron chi connectivity index (χ1n) is 8.98. The van der Waals surface area contributed by atoms with E-state index >= 15 is 0 Å². The Labute approximate surface area is 153 Å². The molecular weight excluding hydrogens is 332 g/mol. The van der Waals surface area contributed by atoms with Gasteiger partial charge in [0.2, 0.25) is 5.91 Å². The number of aryl methyl sites for hydroxylation is 2. The van der Waals surface area contributed by atoms with Crippen molar-refractivity contribution in [3.63, 3.8) is 0 Å². The Morgan fingerprint density at radius 2 is 1.96 bits per heavy atom. The minimum atomic E-state index is -0.0454. The summed E-state index contributed by atoms with van der Waals surface area (Å²) in [6.45, 7) is 9.61. The molecule has 0 bridgehead atoms. The average molecular weight is 358 g/mol. The van der Waals surface area contributed by atoms with Crippen molar-refractivity contribution in [2.75, 3.05) is 38.0 Å². The molecule has 0 saturated carbocycles. The van der Waals surface area contributed by atoms with Crippen molar-refractivity contribution < 1.29 is 9.59 Å². The Kier molecular flexibility index (Phi) is 5.41. The molecule has 8 heteroatoms. The molecule has 0 aromatic carbocycles. The minimum absolute atomic E-state index is 0.0114. The zero-order valence-corrected chi connectivity index (χ0v) is 15.6. The number of amides is 2. The molecule has 0 aliphatic carbocycles. The zero-order chi connectivity index (χ0) is 18.7. The van der Waals surface area contributed by atoms with E-state index in [-0.39, 0.29) is 11.8 Å². The topological polar surface area (TPSA) is 86.3 Å². The van der Waals surface area contributed by atoms with Gasteiger partial charge in [-0.3, -0.25) is 19.2 Å². The fourth-order valence-electron chi connectivity index (χ4n) is 3.31. The molecule has 0 unspecified atom stereocenters. The van der Waals surface area contributed by atoms with Crippen LogP contribution in [0, 0.1) is 13.8 Å². The summed E-state index contributed by atoms with van der Waals surface area (Å²) in [6, 6.07) is 3.60. The Bertz CT molecular complexity index is 772. The van der Waals surface area contributed by atoms with Crippen molar-refractivity contribution in [3.8, 4) is 0 Å². The number of rotatable bonds is 5. The van der Waals surface area contributed by atoms with Crippen LogP contribution in [0.3, 0.4) is 0 Å². The molecule has 2 aromatic rings. The Hall–Kier alpha value is -2.61. The molecule has 26 heavy (non-hydrogen) atoms. The molecule has 0 atom stereocenters. The van der Waals surface area contributed by atoms with E-state index in [1.807, 2.05) is 36.4 Å². The predicted molar refractivity (Wildman–Crippen MR) is 99.1 cm³/mol. The van der Waals surface area contributed by atoms with Crippen molar-refractivity contribution in [1.29, 1.82) is 0 Å². The number of carbonyl (C=O) groups excluding carboxylic acids is 2. The molecule has 1 aliphatic heterocycles. The second-order valence-corrected chi connectivity index (χ2v) is 6.56. The van der Waals surface area contributed by atoms with Crippen LogP contribution in [0.2, 0.25) is 0 Å². The number of aromatic nitrogens is 3. The number of piperazine rings is 1. The number of hydrogen-bond donors (Lipinski definition) is 2. The van der Waals surface area contributed by atoms with Gasteiger partial charge in [-0.15, -0.1) is 0 Å². The van der Waals surface area contributed by atoms with E-state index in [0.29, 0.717) is 38.4 Å². The molecule has 2 amide bonds. The third-order valence-electron chi connectivity index (χ3n) is 4.80. The minimum Gasteiger partial charge on any atom is -0.357 e. The molecule has 8 nitrogen and oxygen atoms in total. The smallest absolute Gasteiger partial charge is 0.270 e. The van der Waals surface area contributed by atoms with Crippen LogP contribution >= 0.6 is 0 Å². The van der Waals surface area contributed by atoms with E-state index in [9.17, 15) is 9.59 Å². The molecule has 1 aliphatic rings. The van der Waals surface area contributed by atoms with Gasteiger partial charge in [0.15, 0.2) is 0 Å². The van der Waals surface area contributed by atoms with E-state index in [1.165, 1.54) is 0 Å². The predicted octanol–water partition coefficient (Wildman–Crippen LogP) is 1.24. The highest BCUT2D eigenvalue weighted by Crippen LogP contribution is 2.19. The normalized spacial score (nSPS) is 15.3. The summed E-state index contributed by atoms with van der Waals surface area (Å²) in [5, 5.41) is 7.41. The van der Waals surface area contributed by atoms with Crippen molar-refractivity contribution in [3.05, 3.63) is 35.4 Å². The van der Waals surface area contributed by atoms with Gasteiger partial charge >= 0.3 is 0 Å². The number of aromatic amines is 1. The van der Waals surface area contributed by atoms with Gasteiger partial charge in [0.25, 0.3) is 5.91 Å². The maximum Gasteiger partial charge on any atom is 0.270 e. The quantitative estimate of drug-likeness (QED) is 0.842. The standard InChI is InChI=1S/C18H26N6O2/c1-4-24-14(3)17(13(2)21-24)20-16(25)12-22-8-10-23(11-9-22)18(26)15-6-5-7-19-15/h5-7,19H,4,8-12H2,1-3H3,(H,20,25). The Morgan fingerprint density at radius 1 is 1.23 bits per heavy atom. The summed E-state index contributed by atoms with van der Waals surface area (Å²) in [5.74, 6) is -0.0340. The summed E-state index contributed by atoms with van der Waals surface area (Å²) in [7, 11) is 0. The summed E-state index contributed by atoms with van der Waals surface area (Å²) < 4.78 is 1.88. The first-order valence-corrected chi connectivity index (χ1v) is 8.98. The van der Waals surface area contributed by atoms with Crippen LogP contribution in [0.25, 0.3) is 0 Å². The molecule has 2 aromatic heterocycles. The van der Waals surface area contributed by atoms with Gasteiger partial charge in [-0.2, -0.15) is 5.10 Å². The lowest BCUT2D eigenvalue weighted by Gasteiger charge is -2.34. The molecule has 1 saturated heterocycles. The molecule has 3 rings (SSSR count). The van der Waals surface area contributed by atoms with E-state index < -0.39 is 0 Å². The van der Waals surface area contributed by atoms with Crippen molar-refractivity contribution in [1.82, 2.24) is 24.6 Å².